The number of hydrogen-bond acceptors (Lipinski definition) is 4. The Morgan fingerprint density at radius 2 is 1.46 bits per heavy atom. The lowest BCUT2D eigenvalue weighted by Crippen LogP contribution is -2.04. The van der Waals surface area contributed by atoms with Crippen LogP contribution in [0.25, 0.3) is 0 Å². The van der Waals surface area contributed by atoms with Gasteiger partial charge in [-0.2, -0.15) is 0 Å². The number of aromatic hydroxyl groups is 1. The van der Waals surface area contributed by atoms with Gasteiger partial charge < -0.3 is 9.84 Å². The van der Waals surface area contributed by atoms with E-state index in [9.17, 15) is 14.7 Å². The molecule has 134 valence electrons. The molecule has 0 aromatic heterocycles. The predicted molar refractivity (Wildman–Crippen MR) is 95.6 cm³/mol. The molecule has 0 heterocycles. The molecule has 0 aliphatic rings. The summed E-state index contributed by atoms with van der Waals surface area (Å²) in [5.74, 6) is 0.0169. The third kappa shape index (κ3) is 5.99. The van der Waals surface area contributed by atoms with Crippen LogP contribution in [-0.2, 0) is 9.53 Å². The summed E-state index contributed by atoms with van der Waals surface area (Å²) in [7, 11) is 1.41. The first-order chi connectivity index (χ1) is 11.4. The highest BCUT2D eigenvalue weighted by Crippen LogP contribution is 2.29. The number of hydrogen-bond donors (Lipinski definition) is 1. The highest BCUT2D eigenvalue weighted by molar-refractivity contribution is 6.00. The van der Waals surface area contributed by atoms with E-state index in [0.717, 1.165) is 55.2 Å². The molecular weight excluding hydrogens is 304 g/mol. The minimum Gasteiger partial charge on any atom is -0.507 e. The van der Waals surface area contributed by atoms with Crippen LogP contribution in [0.3, 0.4) is 0 Å². The number of aryl methyl sites for hydroxylation is 2. The van der Waals surface area contributed by atoms with Crippen molar-refractivity contribution in [3.8, 4) is 5.75 Å². The quantitative estimate of drug-likeness (QED) is 0.379. The van der Waals surface area contributed by atoms with Gasteiger partial charge in [0.2, 0.25) is 0 Å². The molecule has 0 saturated heterocycles. The monoisotopic (exact) mass is 334 g/mol. The summed E-state index contributed by atoms with van der Waals surface area (Å²) in [5, 5.41) is 10.2. The molecule has 1 N–H and O–H groups in total. The Morgan fingerprint density at radius 1 is 0.917 bits per heavy atom. The van der Waals surface area contributed by atoms with Crippen LogP contribution in [0.2, 0.25) is 0 Å². The number of carbonyl (C=O) groups excluding carboxylic acids is 2. The van der Waals surface area contributed by atoms with Crippen LogP contribution in [0.15, 0.2) is 6.07 Å². The summed E-state index contributed by atoms with van der Waals surface area (Å²) >= 11 is 0. The zero-order valence-electron chi connectivity index (χ0n) is 15.4. The van der Waals surface area contributed by atoms with Gasteiger partial charge in [0.1, 0.15) is 5.75 Å². The third-order valence-corrected chi connectivity index (χ3v) is 4.55. The number of benzene rings is 1. The Balaban J connectivity index is 2.31. The van der Waals surface area contributed by atoms with E-state index in [2.05, 4.69) is 4.74 Å². The van der Waals surface area contributed by atoms with Crippen LogP contribution in [0, 0.1) is 20.8 Å². The number of phenols is 1. The lowest BCUT2D eigenvalue weighted by atomic mass is 9.94. The van der Waals surface area contributed by atoms with Crippen LogP contribution in [0.5, 0.6) is 5.75 Å². The molecule has 4 nitrogen and oxygen atoms in total. The number of esters is 1. The number of ether oxygens (including phenoxy) is 1. The van der Waals surface area contributed by atoms with Gasteiger partial charge in [0.15, 0.2) is 5.78 Å². The number of phenolic OH excluding ortho intramolecular Hbond substituents is 1. The van der Waals surface area contributed by atoms with E-state index in [1.54, 1.807) is 0 Å². The highest BCUT2D eigenvalue weighted by atomic mass is 16.5. The molecule has 0 bridgehead atoms. The van der Waals surface area contributed by atoms with E-state index in [1.165, 1.54) is 7.11 Å². The van der Waals surface area contributed by atoms with Crippen molar-refractivity contribution in [2.24, 2.45) is 0 Å². The van der Waals surface area contributed by atoms with Crippen molar-refractivity contribution < 1.29 is 19.4 Å². The molecule has 0 aliphatic carbocycles. The summed E-state index contributed by atoms with van der Waals surface area (Å²) in [6.45, 7) is 5.66. The fourth-order valence-corrected chi connectivity index (χ4v) is 2.91. The zero-order chi connectivity index (χ0) is 18.1. The SMILES string of the molecule is COC(=O)CCCCCCCCC(=O)c1c(C)cc(C)c(C)c1O. The standard InChI is InChI=1S/C20H30O4/c1-14-13-15(2)19(20(23)16(14)3)17(21)11-9-7-5-6-8-10-12-18(22)24-4/h13,23H,5-12H2,1-4H3. The van der Waals surface area contributed by atoms with Crippen molar-refractivity contribution >= 4 is 11.8 Å². The normalized spacial score (nSPS) is 10.7. The van der Waals surface area contributed by atoms with Gasteiger partial charge in [0.05, 0.1) is 12.7 Å². The number of ketones is 1. The van der Waals surface area contributed by atoms with Crippen molar-refractivity contribution in [1.82, 2.24) is 0 Å². The summed E-state index contributed by atoms with van der Waals surface area (Å²) in [4.78, 5) is 23.4. The maximum Gasteiger partial charge on any atom is 0.305 e. The van der Waals surface area contributed by atoms with Gasteiger partial charge in [-0.3, -0.25) is 9.59 Å². The van der Waals surface area contributed by atoms with Crippen LogP contribution >= 0.6 is 0 Å². The smallest absolute Gasteiger partial charge is 0.305 e. The molecule has 1 aromatic rings. The molecule has 24 heavy (non-hydrogen) atoms. The van der Waals surface area contributed by atoms with Gasteiger partial charge in [0, 0.05) is 12.8 Å². The molecule has 0 atom stereocenters. The van der Waals surface area contributed by atoms with Crippen LogP contribution in [-0.4, -0.2) is 24.0 Å². The molecule has 4 heteroatoms. The van der Waals surface area contributed by atoms with Crippen molar-refractivity contribution in [3.63, 3.8) is 0 Å². The average molecular weight is 334 g/mol. The summed E-state index contributed by atoms with van der Waals surface area (Å²) in [6, 6.07) is 1.96. The first kappa shape index (κ1) is 20.2. The second-order valence-electron chi connectivity index (χ2n) is 6.48. The van der Waals surface area contributed by atoms with Gasteiger partial charge in [0.25, 0.3) is 0 Å². The third-order valence-electron chi connectivity index (χ3n) is 4.55. The first-order valence-electron chi connectivity index (χ1n) is 8.78. The van der Waals surface area contributed by atoms with E-state index >= 15 is 0 Å². The second-order valence-corrected chi connectivity index (χ2v) is 6.48. The maximum atomic E-state index is 12.4. The fraction of sp³-hybridized carbons (Fsp3) is 0.600. The molecule has 0 unspecified atom stereocenters. The Hall–Kier alpha value is -1.84. The average Bonchev–Trinajstić information content (AvgIpc) is 2.54. The van der Waals surface area contributed by atoms with Crippen LogP contribution in [0.1, 0.15) is 78.4 Å². The van der Waals surface area contributed by atoms with Crippen molar-refractivity contribution in [3.05, 3.63) is 28.3 Å². The van der Waals surface area contributed by atoms with Crippen LogP contribution < -0.4 is 0 Å². The lowest BCUT2D eigenvalue weighted by Gasteiger charge is -2.12. The Labute approximate surface area is 145 Å². The summed E-state index contributed by atoms with van der Waals surface area (Å²) < 4.78 is 4.60. The van der Waals surface area contributed by atoms with Crippen molar-refractivity contribution in [2.75, 3.05) is 7.11 Å². The van der Waals surface area contributed by atoms with E-state index < -0.39 is 0 Å². The molecule has 0 amide bonds. The highest BCUT2D eigenvalue weighted by Gasteiger charge is 2.17. The van der Waals surface area contributed by atoms with Gasteiger partial charge in [-0.05, 0) is 50.3 Å². The molecule has 1 rings (SSSR count). The van der Waals surface area contributed by atoms with Gasteiger partial charge in [-0.1, -0.05) is 31.7 Å². The largest absolute Gasteiger partial charge is 0.507 e. The van der Waals surface area contributed by atoms with Crippen LogP contribution in [0.4, 0.5) is 0 Å². The number of methoxy groups -OCH3 is 1. The molecule has 1 aromatic carbocycles. The van der Waals surface area contributed by atoms with Crippen molar-refractivity contribution in [2.45, 2.75) is 72.1 Å². The molecule has 0 saturated carbocycles. The molecular formula is C20H30O4. The fourth-order valence-electron chi connectivity index (χ4n) is 2.91. The minimum absolute atomic E-state index is 0.0267. The zero-order valence-corrected chi connectivity index (χ0v) is 15.4. The predicted octanol–water partition coefficient (Wildman–Crippen LogP) is 4.79. The number of Topliss-reactive ketones (excluding diaryl/α,β-unsaturated/α-hetero) is 1. The van der Waals surface area contributed by atoms with Gasteiger partial charge in [-0.25, -0.2) is 0 Å². The topological polar surface area (TPSA) is 63.6 Å². The van der Waals surface area contributed by atoms with Gasteiger partial charge in [-0.15, -0.1) is 0 Å². The van der Waals surface area contributed by atoms with Crippen molar-refractivity contribution in [1.29, 1.82) is 0 Å². The Kier molecular flexibility index (Phi) is 8.51. The molecule has 0 aliphatic heterocycles. The van der Waals surface area contributed by atoms with E-state index in [0.29, 0.717) is 18.4 Å². The van der Waals surface area contributed by atoms with E-state index in [4.69, 9.17) is 0 Å². The summed E-state index contributed by atoms with van der Waals surface area (Å²) in [5.41, 5.74) is 3.13. The minimum atomic E-state index is -0.149. The maximum absolute atomic E-state index is 12.4. The Morgan fingerprint density at radius 3 is 2.04 bits per heavy atom. The number of unbranched alkanes of at least 4 members (excludes halogenated alkanes) is 5. The molecule has 0 fully saturated rings. The number of carbonyl (C=O) groups is 2. The van der Waals surface area contributed by atoms with Gasteiger partial charge >= 0.3 is 5.97 Å². The lowest BCUT2D eigenvalue weighted by molar-refractivity contribution is -0.140. The number of rotatable bonds is 10. The van der Waals surface area contributed by atoms with E-state index in [-0.39, 0.29) is 17.5 Å². The Bertz CT molecular complexity index is 575. The molecule has 0 radical (unpaired) electrons. The summed E-state index contributed by atoms with van der Waals surface area (Å²) in [6.07, 6.45) is 6.79. The first-order valence-corrected chi connectivity index (χ1v) is 8.78. The van der Waals surface area contributed by atoms with E-state index in [1.807, 2.05) is 26.8 Å². The second kappa shape index (κ2) is 10.1. The molecule has 0 spiro atoms.